The Kier molecular flexibility index (Phi) is 18.9. The van der Waals surface area contributed by atoms with Crippen LogP contribution in [0.4, 0.5) is 0 Å². The van der Waals surface area contributed by atoms with Gasteiger partial charge in [0.1, 0.15) is 0 Å². The van der Waals surface area contributed by atoms with Crippen molar-refractivity contribution in [3.05, 3.63) is 0 Å². The zero-order valence-electron chi connectivity index (χ0n) is 11.7. The second-order valence-electron chi connectivity index (χ2n) is 4.33. The molecule has 7 heteroatoms. The monoisotopic (exact) mass is 298 g/mol. The molecule has 0 unspecified atom stereocenters. The number of carboxylic acids is 2. The van der Waals surface area contributed by atoms with Crippen molar-refractivity contribution in [1.29, 1.82) is 0 Å². The van der Waals surface area contributed by atoms with Gasteiger partial charge in [-0.05, 0) is 13.8 Å². The first-order chi connectivity index (χ1) is 7.35. The molecule has 0 spiro atoms. The van der Waals surface area contributed by atoms with Crippen molar-refractivity contribution in [3.8, 4) is 0 Å². The van der Waals surface area contributed by atoms with Gasteiger partial charge in [-0.25, -0.2) is 0 Å². The van der Waals surface area contributed by atoms with Crippen molar-refractivity contribution in [3.63, 3.8) is 0 Å². The van der Waals surface area contributed by atoms with Crippen LogP contribution in [0.15, 0.2) is 0 Å². The van der Waals surface area contributed by atoms with Gasteiger partial charge in [-0.2, -0.15) is 0 Å². The van der Waals surface area contributed by atoms with Gasteiger partial charge >= 0.3 is 33.7 Å². The van der Waals surface area contributed by atoms with E-state index < -0.39 is 29.6 Å². The van der Waals surface area contributed by atoms with Crippen molar-refractivity contribution in [2.24, 2.45) is 5.41 Å². The molecule has 0 aliphatic carbocycles. The van der Waals surface area contributed by atoms with Crippen molar-refractivity contribution < 1.29 is 51.7 Å². The van der Waals surface area contributed by atoms with Crippen molar-refractivity contribution in [2.45, 2.75) is 53.8 Å². The van der Waals surface area contributed by atoms with Crippen LogP contribution in [0.5, 0.6) is 0 Å². The fourth-order valence-corrected chi connectivity index (χ4v) is 0.0915. The average Bonchev–Trinajstić information content (AvgIpc) is 2.00. The van der Waals surface area contributed by atoms with Crippen molar-refractivity contribution >= 4 is 11.9 Å². The Labute approximate surface area is 123 Å². The molecule has 0 saturated heterocycles. The van der Waals surface area contributed by atoms with E-state index in [4.69, 9.17) is 10.2 Å². The molecule has 0 amide bonds. The van der Waals surface area contributed by atoms with Crippen LogP contribution in [0.2, 0.25) is 0 Å². The number of carboxylic acid groups (broad SMARTS) is 2. The quantitative estimate of drug-likeness (QED) is 0.533. The standard InChI is InChI=1S/C5H8O4.2C3H7O.Ti/c1-5(2,3(6)7)4(8)9;2*1-3(2)4;/h1-2H3,(H,6,7)(H,8,9);2*3H,1-2H3;/q;2*-1;+2. The summed E-state index contributed by atoms with van der Waals surface area (Å²) in [7, 11) is 0. The fourth-order valence-electron chi connectivity index (χ4n) is 0.0915. The molecule has 0 atom stereocenters. The molecule has 0 aromatic carbocycles. The van der Waals surface area contributed by atoms with E-state index in [0.29, 0.717) is 0 Å². The molecule has 0 aromatic rings. The first kappa shape index (κ1) is 26.2. The average molecular weight is 298 g/mol. The second kappa shape index (κ2) is 13.0. The smallest absolute Gasteiger partial charge is 0.852 e. The zero-order valence-corrected chi connectivity index (χ0v) is 13.2. The summed E-state index contributed by atoms with van der Waals surface area (Å²) in [5.74, 6) is -2.65. The molecule has 0 radical (unpaired) electrons. The molecule has 0 heterocycles. The number of rotatable bonds is 2. The van der Waals surface area contributed by atoms with Gasteiger partial charge in [0.05, 0.1) is 0 Å². The summed E-state index contributed by atoms with van der Waals surface area (Å²) < 4.78 is 0. The van der Waals surface area contributed by atoms with Crippen LogP contribution in [0, 0.1) is 5.41 Å². The van der Waals surface area contributed by atoms with Gasteiger partial charge in [-0.3, -0.25) is 9.59 Å². The molecule has 0 aliphatic rings. The molecule has 0 aromatic heterocycles. The van der Waals surface area contributed by atoms with E-state index in [-0.39, 0.29) is 21.7 Å². The van der Waals surface area contributed by atoms with Crippen LogP contribution < -0.4 is 10.2 Å². The molecule has 0 bridgehead atoms. The molecular formula is C11H22O6Ti. The number of aliphatic carboxylic acids is 2. The Balaban J connectivity index is -0.0000000922. The predicted molar refractivity (Wildman–Crippen MR) is 59.3 cm³/mol. The molecule has 6 nitrogen and oxygen atoms in total. The Morgan fingerprint density at radius 3 is 1.00 bits per heavy atom. The summed E-state index contributed by atoms with van der Waals surface area (Å²) in [5, 5.41) is 35.5. The zero-order chi connectivity index (χ0) is 14.8. The Morgan fingerprint density at radius 1 is 0.889 bits per heavy atom. The maximum atomic E-state index is 10.1. The minimum absolute atomic E-state index is 0. The summed E-state index contributed by atoms with van der Waals surface area (Å²) in [6.45, 7) is 8.72. The SMILES string of the molecule is CC(C)(C(=O)O)C(=O)O.CC(C)[O-].CC(C)[O-].[Ti+2]. The second-order valence-corrected chi connectivity index (χ2v) is 4.33. The first-order valence-electron chi connectivity index (χ1n) is 5.14. The van der Waals surface area contributed by atoms with Gasteiger partial charge in [-0.15, -0.1) is 12.2 Å². The topological polar surface area (TPSA) is 121 Å². The van der Waals surface area contributed by atoms with Gasteiger partial charge in [0.15, 0.2) is 5.41 Å². The van der Waals surface area contributed by atoms with E-state index in [9.17, 15) is 19.8 Å². The first-order valence-corrected chi connectivity index (χ1v) is 5.14. The summed E-state index contributed by atoms with van der Waals surface area (Å²) in [6.07, 6.45) is -0.833. The van der Waals surface area contributed by atoms with Gasteiger partial charge < -0.3 is 20.4 Å². The van der Waals surface area contributed by atoms with Gasteiger partial charge in [-0.1, -0.05) is 27.7 Å². The van der Waals surface area contributed by atoms with Crippen LogP contribution in [0.25, 0.3) is 0 Å². The van der Waals surface area contributed by atoms with Crippen LogP contribution in [0.1, 0.15) is 41.5 Å². The maximum Gasteiger partial charge on any atom is 2.00 e. The van der Waals surface area contributed by atoms with Gasteiger partial charge in [0.2, 0.25) is 0 Å². The summed E-state index contributed by atoms with van der Waals surface area (Å²) in [6, 6.07) is 0. The van der Waals surface area contributed by atoms with E-state index in [2.05, 4.69) is 0 Å². The van der Waals surface area contributed by atoms with Crippen LogP contribution in [-0.2, 0) is 31.3 Å². The van der Waals surface area contributed by atoms with Gasteiger partial charge in [0, 0.05) is 0 Å². The molecule has 18 heavy (non-hydrogen) atoms. The normalized spacial score (nSPS) is 9.44. The van der Waals surface area contributed by atoms with E-state index in [0.717, 1.165) is 13.8 Å². The molecule has 0 saturated carbocycles. The fraction of sp³-hybridized carbons (Fsp3) is 0.818. The molecule has 0 rings (SSSR count). The third kappa shape index (κ3) is 24.7. The third-order valence-corrected chi connectivity index (χ3v) is 1.07. The number of carbonyl (C=O) groups is 2. The minimum atomic E-state index is -1.67. The van der Waals surface area contributed by atoms with Crippen molar-refractivity contribution in [2.75, 3.05) is 0 Å². The summed E-state index contributed by atoms with van der Waals surface area (Å²) >= 11 is 0. The van der Waals surface area contributed by atoms with E-state index in [1.807, 2.05) is 0 Å². The van der Waals surface area contributed by atoms with Crippen molar-refractivity contribution in [1.82, 2.24) is 0 Å². The molecule has 2 N–H and O–H groups in total. The third-order valence-electron chi connectivity index (χ3n) is 1.07. The molecule has 0 aliphatic heterocycles. The van der Waals surface area contributed by atoms with E-state index in [1.54, 1.807) is 27.7 Å². The van der Waals surface area contributed by atoms with Crippen LogP contribution in [-0.4, -0.2) is 34.4 Å². The Morgan fingerprint density at radius 2 is 1.00 bits per heavy atom. The van der Waals surface area contributed by atoms with Crippen LogP contribution >= 0.6 is 0 Å². The number of hydrogen-bond donors (Lipinski definition) is 2. The van der Waals surface area contributed by atoms with Gasteiger partial charge in [0.25, 0.3) is 0 Å². The molecular weight excluding hydrogens is 276 g/mol. The number of hydrogen-bond acceptors (Lipinski definition) is 4. The maximum absolute atomic E-state index is 10.1. The minimum Gasteiger partial charge on any atom is -0.852 e. The summed E-state index contributed by atoms with van der Waals surface area (Å²) in [4.78, 5) is 20.2. The Bertz CT molecular complexity index is 198. The largest absolute Gasteiger partial charge is 2.00 e. The predicted octanol–water partition coefficient (Wildman–Crippen LogP) is -0.310. The Hall–Kier alpha value is -0.426. The molecule has 106 valence electrons. The molecule has 0 fully saturated rings. The van der Waals surface area contributed by atoms with Crippen LogP contribution in [0.3, 0.4) is 0 Å². The summed E-state index contributed by atoms with van der Waals surface area (Å²) in [5.41, 5.74) is -1.67. The van der Waals surface area contributed by atoms with E-state index >= 15 is 0 Å². The van der Waals surface area contributed by atoms with E-state index in [1.165, 1.54) is 0 Å².